The average molecular weight is 286 g/mol. The standard InChI is InChI=1S/C15H18N4O2/c1-10(9-19-7-3-6-13(19)20)17-15(21)12-5-2-4-11-8-16-18-14(11)12/h2,4-5,8,10H,3,6-7,9H2,1H3,(H,16,18)(H,17,21). The van der Waals surface area contributed by atoms with Gasteiger partial charge in [0.05, 0.1) is 17.3 Å². The normalized spacial score (nSPS) is 16.4. The summed E-state index contributed by atoms with van der Waals surface area (Å²) in [5.74, 6) is 0.0239. The minimum absolute atomic E-state index is 0.0854. The van der Waals surface area contributed by atoms with Crippen molar-refractivity contribution in [2.45, 2.75) is 25.8 Å². The minimum atomic E-state index is -0.149. The number of likely N-dealkylation sites (tertiary alicyclic amines) is 1. The summed E-state index contributed by atoms with van der Waals surface area (Å²) in [5.41, 5.74) is 1.31. The van der Waals surface area contributed by atoms with E-state index in [1.54, 1.807) is 12.3 Å². The fourth-order valence-electron chi connectivity index (χ4n) is 2.73. The van der Waals surface area contributed by atoms with Gasteiger partial charge in [0.1, 0.15) is 0 Å². The zero-order valence-corrected chi connectivity index (χ0v) is 11.9. The molecular formula is C15H18N4O2. The van der Waals surface area contributed by atoms with Crippen LogP contribution in [-0.2, 0) is 4.79 Å². The molecule has 1 fully saturated rings. The third-order valence-corrected chi connectivity index (χ3v) is 3.76. The number of fused-ring (bicyclic) bond motifs is 1. The van der Waals surface area contributed by atoms with Gasteiger partial charge in [-0.2, -0.15) is 5.10 Å². The molecule has 2 N–H and O–H groups in total. The van der Waals surface area contributed by atoms with Crippen LogP contribution in [0, 0.1) is 0 Å². The van der Waals surface area contributed by atoms with Crippen molar-refractivity contribution in [2.24, 2.45) is 0 Å². The maximum absolute atomic E-state index is 12.4. The van der Waals surface area contributed by atoms with Crippen LogP contribution >= 0.6 is 0 Å². The number of aromatic amines is 1. The zero-order valence-electron chi connectivity index (χ0n) is 11.9. The van der Waals surface area contributed by atoms with E-state index < -0.39 is 0 Å². The molecule has 1 aromatic carbocycles. The van der Waals surface area contributed by atoms with Crippen LogP contribution in [0.5, 0.6) is 0 Å². The number of para-hydroxylation sites is 1. The first kappa shape index (κ1) is 13.6. The number of benzene rings is 1. The highest BCUT2D eigenvalue weighted by atomic mass is 16.2. The van der Waals surface area contributed by atoms with Gasteiger partial charge in [-0.1, -0.05) is 12.1 Å². The van der Waals surface area contributed by atoms with Gasteiger partial charge < -0.3 is 10.2 Å². The van der Waals surface area contributed by atoms with Crippen LogP contribution < -0.4 is 5.32 Å². The van der Waals surface area contributed by atoms with Crippen molar-refractivity contribution < 1.29 is 9.59 Å². The van der Waals surface area contributed by atoms with Crippen molar-refractivity contribution in [3.63, 3.8) is 0 Å². The van der Waals surface area contributed by atoms with E-state index in [9.17, 15) is 9.59 Å². The first-order valence-electron chi connectivity index (χ1n) is 7.16. The molecule has 0 aliphatic carbocycles. The second-order valence-corrected chi connectivity index (χ2v) is 5.46. The maximum Gasteiger partial charge on any atom is 0.253 e. The summed E-state index contributed by atoms with van der Waals surface area (Å²) in [4.78, 5) is 25.8. The third kappa shape index (κ3) is 2.74. The molecule has 0 spiro atoms. The Bertz CT molecular complexity index is 679. The summed E-state index contributed by atoms with van der Waals surface area (Å²) in [5, 5.41) is 10.7. The summed E-state index contributed by atoms with van der Waals surface area (Å²) >= 11 is 0. The van der Waals surface area contributed by atoms with E-state index in [0.717, 1.165) is 23.9 Å². The van der Waals surface area contributed by atoms with E-state index in [-0.39, 0.29) is 17.9 Å². The quantitative estimate of drug-likeness (QED) is 0.889. The van der Waals surface area contributed by atoms with Crippen molar-refractivity contribution in [3.8, 4) is 0 Å². The lowest BCUT2D eigenvalue weighted by Gasteiger charge is -2.21. The maximum atomic E-state index is 12.4. The number of H-pyrrole nitrogens is 1. The summed E-state index contributed by atoms with van der Waals surface area (Å²) in [7, 11) is 0. The molecule has 0 saturated carbocycles. The van der Waals surface area contributed by atoms with Crippen molar-refractivity contribution in [2.75, 3.05) is 13.1 Å². The summed E-state index contributed by atoms with van der Waals surface area (Å²) in [6.45, 7) is 3.26. The van der Waals surface area contributed by atoms with E-state index >= 15 is 0 Å². The molecule has 1 saturated heterocycles. The largest absolute Gasteiger partial charge is 0.348 e. The predicted octanol–water partition coefficient (Wildman–Crippen LogP) is 1.30. The average Bonchev–Trinajstić information content (AvgIpc) is 3.07. The van der Waals surface area contributed by atoms with Crippen LogP contribution in [0.1, 0.15) is 30.1 Å². The van der Waals surface area contributed by atoms with Gasteiger partial charge in [0, 0.05) is 30.9 Å². The van der Waals surface area contributed by atoms with Gasteiger partial charge in [-0.15, -0.1) is 0 Å². The predicted molar refractivity (Wildman–Crippen MR) is 78.8 cm³/mol. The molecule has 110 valence electrons. The number of rotatable bonds is 4. The molecule has 6 nitrogen and oxygen atoms in total. The van der Waals surface area contributed by atoms with Gasteiger partial charge in [-0.3, -0.25) is 14.7 Å². The van der Waals surface area contributed by atoms with Crippen molar-refractivity contribution in [1.82, 2.24) is 20.4 Å². The number of nitrogens with zero attached hydrogens (tertiary/aromatic N) is 2. The molecule has 2 amide bonds. The molecular weight excluding hydrogens is 268 g/mol. The topological polar surface area (TPSA) is 78.1 Å². The third-order valence-electron chi connectivity index (χ3n) is 3.76. The molecule has 21 heavy (non-hydrogen) atoms. The lowest BCUT2D eigenvalue weighted by molar-refractivity contribution is -0.127. The van der Waals surface area contributed by atoms with Gasteiger partial charge in [0.2, 0.25) is 5.91 Å². The Morgan fingerprint density at radius 1 is 1.52 bits per heavy atom. The molecule has 0 radical (unpaired) electrons. The van der Waals surface area contributed by atoms with Gasteiger partial charge in [0.25, 0.3) is 5.91 Å². The van der Waals surface area contributed by atoms with E-state index in [1.165, 1.54) is 0 Å². The number of amides is 2. The van der Waals surface area contributed by atoms with Crippen LogP contribution in [0.2, 0.25) is 0 Å². The number of nitrogens with one attached hydrogen (secondary N) is 2. The Morgan fingerprint density at radius 3 is 3.14 bits per heavy atom. The molecule has 6 heteroatoms. The van der Waals surface area contributed by atoms with E-state index in [1.807, 2.05) is 24.0 Å². The molecule has 1 aromatic heterocycles. The molecule has 1 atom stereocenters. The van der Waals surface area contributed by atoms with Gasteiger partial charge in [0.15, 0.2) is 0 Å². The second kappa shape index (κ2) is 5.55. The van der Waals surface area contributed by atoms with E-state index in [4.69, 9.17) is 0 Å². The van der Waals surface area contributed by atoms with Gasteiger partial charge >= 0.3 is 0 Å². The first-order chi connectivity index (χ1) is 10.1. The number of carbonyl (C=O) groups excluding carboxylic acids is 2. The Balaban J connectivity index is 1.68. The summed E-state index contributed by atoms with van der Waals surface area (Å²) < 4.78 is 0. The highest BCUT2D eigenvalue weighted by Gasteiger charge is 2.23. The van der Waals surface area contributed by atoms with Crippen LogP contribution in [0.15, 0.2) is 24.4 Å². The van der Waals surface area contributed by atoms with E-state index in [0.29, 0.717) is 18.5 Å². The fraction of sp³-hybridized carbons (Fsp3) is 0.400. The summed E-state index contributed by atoms with van der Waals surface area (Å²) in [6, 6.07) is 5.42. The highest BCUT2D eigenvalue weighted by Crippen LogP contribution is 2.16. The Labute approximate surface area is 122 Å². The Kier molecular flexibility index (Phi) is 3.60. The zero-order chi connectivity index (χ0) is 14.8. The first-order valence-corrected chi connectivity index (χ1v) is 7.16. The lowest BCUT2D eigenvalue weighted by Crippen LogP contribution is -2.42. The van der Waals surface area contributed by atoms with E-state index in [2.05, 4.69) is 15.5 Å². The van der Waals surface area contributed by atoms with Gasteiger partial charge in [-0.25, -0.2) is 0 Å². The number of carbonyl (C=O) groups is 2. The number of aromatic nitrogens is 2. The van der Waals surface area contributed by atoms with Crippen LogP contribution in [0.3, 0.4) is 0 Å². The molecule has 2 aromatic rings. The Hall–Kier alpha value is -2.37. The van der Waals surface area contributed by atoms with Gasteiger partial charge in [-0.05, 0) is 19.4 Å². The number of hydrogen-bond donors (Lipinski definition) is 2. The van der Waals surface area contributed by atoms with Crippen LogP contribution in [0.25, 0.3) is 10.9 Å². The van der Waals surface area contributed by atoms with Crippen molar-refractivity contribution in [1.29, 1.82) is 0 Å². The van der Waals surface area contributed by atoms with Crippen LogP contribution in [-0.4, -0.2) is 46.0 Å². The molecule has 3 rings (SSSR count). The molecule has 2 heterocycles. The smallest absolute Gasteiger partial charge is 0.253 e. The van der Waals surface area contributed by atoms with Crippen LogP contribution in [0.4, 0.5) is 0 Å². The highest BCUT2D eigenvalue weighted by molar-refractivity contribution is 6.05. The lowest BCUT2D eigenvalue weighted by atomic mass is 10.1. The molecule has 1 unspecified atom stereocenters. The van der Waals surface area contributed by atoms with Crippen molar-refractivity contribution in [3.05, 3.63) is 30.0 Å². The second-order valence-electron chi connectivity index (χ2n) is 5.46. The monoisotopic (exact) mass is 286 g/mol. The fourth-order valence-corrected chi connectivity index (χ4v) is 2.73. The molecule has 1 aliphatic heterocycles. The summed E-state index contributed by atoms with van der Waals surface area (Å²) in [6.07, 6.45) is 3.22. The molecule has 0 bridgehead atoms. The SMILES string of the molecule is CC(CN1CCCC1=O)NC(=O)c1cccc2cn[nH]c12. The Morgan fingerprint density at radius 2 is 2.38 bits per heavy atom. The van der Waals surface area contributed by atoms with Crippen molar-refractivity contribution >= 4 is 22.7 Å². The molecule has 1 aliphatic rings. The number of hydrogen-bond acceptors (Lipinski definition) is 3. The minimum Gasteiger partial charge on any atom is -0.348 e.